The van der Waals surface area contributed by atoms with Crippen LogP contribution in [0.5, 0.6) is 0 Å². The van der Waals surface area contributed by atoms with Crippen LogP contribution in [0, 0.1) is 12.1 Å². The van der Waals surface area contributed by atoms with Crippen LogP contribution in [0.1, 0.15) is 29.3 Å². The highest BCUT2D eigenvalue weighted by molar-refractivity contribution is 5.94. The van der Waals surface area contributed by atoms with Crippen LogP contribution < -0.4 is 5.32 Å². The molecule has 0 radical (unpaired) electrons. The van der Waals surface area contributed by atoms with Crippen molar-refractivity contribution in [1.29, 1.82) is 0 Å². The van der Waals surface area contributed by atoms with Gasteiger partial charge in [-0.15, -0.1) is 0 Å². The quantitative estimate of drug-likeness (QED) is 0.547. The number of alkyl halides is 3. The topological polar surface area (TPSA) is 76.1 Å². The second-order valence-electron chi connectivity index (χ2n) is 7.86. The van der Waals surface area contributed by atoms with Crippen molar-refractivity contribution in [2.45, 2.75) is 25.3 Å². The van der Waals surface area contributed by atoms with Gasteiger partial charge >= 0.3 is 6.18 Å². The van der Waals surface area contributed by atoms with Crippen molar-refractivity contribution >= 4 is 12.3 Å². The smallest absolute Gasteiger partial charge is 0.396 e. The molecule has 0 fully saturated rings. The number of nitrogens with one attached hydrogen (secondary N) is 1. The molecular weight excluding hydrogens is 449 g/mol. The van der Waals surface area contributed by atoms with E-state index in [1.165, 1.54) is 29.0 Å². The van der Waals surface area contributed by atoms with E-state index < -0.39 is 23.8 Å². The van der Waals surface area contributed by atoms with Gasteiger partial charge in [-0.1, -0.05) is 24.3 Å². The first-order valence-corrected chi connectivity index (χ1v) is 10.5. The minimum atomic E-state index is -4.54. The number of halogens is 3. The highest BCUT2D eigenvalue weighted by Crippen LogP contribution is 2.37. The van der Waals surface area contributed by atoms with Gasteiger partial charge in [0.15, 0.2) is 0 Å². The fourth-order valence-corrected chi connectivity index (χ4v) is 3.67. The van der Waals surface area contributed by atoms with Gasteiger partial charge in [0, 0.05) is 33.8 Å². The van der Waals surface area contributed by atoms with Crippen molar-refractivity contribution in [1.82, 2.24) is 20.0 Å². The van der Waals surface area contributed by atoms with Gasteiger partial charge in [-0.05, 0) is 47.9 Å². The summed E-state index contributed by atoms with van der Waals surface area (Å²) < 4.78 is 40.2. The molecule has 2 amide bonds. The molecular formula is C24H25F3N4O3. The summed E-state index contributed by atoms with van der Waals surface area (Å²) in [5.41, 5.74) is 0.333. The number of hydrogen-bond donors (Lipinski definition) is 2. The predicted molar refractivity (Wildman–Crippen MR) is 117 cm³/mol. The highest BCUT2D eigenvalue weighted by atomic mass is 19.4. The largest absolute Gasteiger partial charge is 0.416 e. The van der Waals surface area contributed by atoms with Crippen LogP contribution in [0.25, 0.3) is 0 Å². The summed E-state index contributed by atoms with van der Waals surface area (Å²) in [7, 11) is 3.01. The van der Waals surface area contributed by atoms with E-state index in [1.54, 1.807) is 30.1 Å². The molecule has 2 N–H and O–H groups in total. The van der Waals surface area contributed by atoms with Crippen LogP contribution in [-0.4, -0.2) is 59.4 Å². The van der Waals surface area contributed by atoms with E-state index in [2.05, 4.69) is 17.4 Å². The molecule has 1 aliphatic rings. The van der Waals surface area contributed by atoms with Crippen molar-refractivity contribution in [3.63, 3.8) is 0 Å². The Kier molecular flexibility index (Phi) is 7.68. The standard InChI is InChI=1S/C24H25F3N4O3/c1-29(12-7-13-32)23(34)20-22(30(2)16-33)28-21(31(20)15-17-8-4-3-5-9-17)18-10-6-11-19(14-18)24(25,26)27/h4,6,8-11,14,16,21,28,32H,7,12-13,15H2,1-2H3. The zero-order valence-corrected chi connectivity index (χ0v) is 18.8. The first-order chi connectivity index (χ1) is 16.2. The van der Waals surface area contributed by atoms with Crippen molar-refractivity contribution in [2.24, 2.45) is 0 Å². The first kappa shape index (κ1) is 24.9. The third-order valence-electron chi connectivity index (χ3n) is 5.41. The summed E-state index contributed by atoms with van der Waals surface area (Å²) in [4.78, 5) is 29.3. The lowest BCUT2D eigenvalue weighted by atomic mass is 10.1. The Balaban J connectivity index is 2.10. The van der Waals surface area contributed by atoms with Crippen LogP contribution >= 0.6 is 0 Å². The van der Waals surface area contributed by atoms with Gasteiger partial charge in [0.1, 0.15) is 17.7 Å². The molecule has 1 unspecified atom stereocenters. The number of amides is 2. The molecule has 2 aromatic carbocycles. The number of aliphatic hydroxyl groups is 1. The molecule has 0 aliphatic carbocycles. The summed E-state index contributed by atoms with van der Waals surface area (Å²) in [5, 5.41) is 12.2. The van der Waals surface area contributed by atoms with Gasteiger partial charge in [0.2, 0.25) is 6.41 Å². The van der Waals surface area contributed by atoms with E-state index in [4.69, 9.17) is 5.11 Å². The number of likely N-dealkylation sites (N-methyl/N-ethyl adjacent to an activating group) is 1. The SMILES string of the molecule is CN(C=O)C1=C(C(=O)N(C)CCCO)N(Cc2cc#ccc2)C(c2cccc(C(F)(F)F)c2)N1. The fraction of sp³-hybridized carbons (Fsp3) is 0.333. The number of benzene rings is 1. The number of carbonyl (C=O) groups is 2. The zero-order chi connectivity index (χ0) is 24.9. The molecule has 180 valence electrons. The van der Waals surface area contributed by atoms with E-state index in [1.807, 2.05) is 0 Å². The molecule has 1 heterocycles. The first-order valence-electron chi connectivity index (χ1n) is 10.5. The van der Waals surface area contributed by atoms with Crippen molar-refractivity contribution in [3.8, 4) is 0 Å². The lowest BCUT2D eigenvalue weighted by Crippen LogP contribution is -2.37. The molecule has 2 aromatic rings. The Bertz CT molecular complexity index is 1040. The Morgan fingerprint density at radius 3 is 2.65 bits per heavy atom. The van der Waals surface area contributed by atoms with Gasteiger partial charge in [0.05, 0.1) is 5.56 Å². The van der Waals surface area contributed by atoms with E-state index >= 15 is 0 Å². The van der Waals surface area contributed by atoms with Crippen molar-refractivity contribution in [3.05, 3.63) is 82.8 Å². The molecule has 1 atom stereocenters. The second kappa shape index (κ2) is 10.5. The van der Waals surface area contributed by atoms with E-state index in [9.17, 15) is 22.8 Å². The molecule has 10 heteroatoms. The summed E-state index contributed by atoms with van der Waals surface area (Å²) in [6.07, 6.45) is -4.53. The van der Waals surface area contributed by atoms with Crippen LogP contribution in [0.15, 0.2) is 54.0 Å². The minimum Gasteiger partial charge on any atom is -0.396 e. The van der Waals surface area contributed by atoms with Crippen LogP contribution in [0.2, 0.25) is 0 Å². The lowest BCUT2D eigenvalue weighted by molar-refractivity contribution is -0.137. The monoisotopic (exact) mass is 474 g/mol. The van der Waals surface area contributed by atoms with Gasteiger partial charge < -0.3 is 25.1 Å². The number of carbonyl (C=O) groups excluding carboxylic acids is 2. The average molecular weight is 474 g/mol. The number of aliphatic hydroxyl groups excluding tert-OH is 1. The number of hydrogen-bond acceptors (Lipinski definition) is 5. The molecule has 0 spiro atoms. The number of nitrogens with zero attached hydrogens (tertiary/aromatic N) is 3. The Labute approximate surface area is 196 Å². The third-order valence-corrected chi connectivity index (χ3v) is 5.41. The molecule has 0 saturated heterocycles. The Morgan fingerprint density at radius 2 is 2.03 bits per heavy atom. The predicted octanol–water partition coefficient (Wildman–Crippen LogP) is 2.51. The van der Waals surface area contributed by atoms with Crippen LogP contribution in [0.3, 0.4) is 0 Å². The van der Waals surface area contributed by atoms with E-state index in [-0.39, 0.29) is 36.8 Å². The summed E-state index contributed by atoms with van der Waals surface area (Å²) in [6, 6.07) is 15.5. The van der Waals surface area contributed by atoms with Crippen molar-refractivity contribution < 1.29 is 27.9 Å². The van der Waals surface area contributed by atoms with Gasteiger partial charge in [0.25, 0.3) is 5.91 Å². The molecule has 0 aromatic heterocycles. The van der Waals surface area contributed by atoms with Crippen molar-refractivity contribution in [2.75, 3.05) is 27.2 Å². The molecule has 0 bridgehead atoms. The minimum absolute atomic E-state index is 0.108. The second-order valence-corrected chi connectivity index (χ2v) is 7.86. The van der Waals surface area contributed by atoms with Crippen LogP contribution in [0.4, 0.5) is 13.2 Å². The van der Waals surface area contributed by atoms with E-state index in [0.29, 0.717) is 12.8 Å². The zero-order valence-electron chi connectivity index (χ0n) is 18.8. The van der Waals surface area contributed by atoms with Gasteiger partial charge in [-0.3, -0.25) is 9.59 Å². The maximum atomic E-state index is 13.5. The van der Waals surface area contributed by atoms with Gasteiger partial charge in [-0.25, -0.2) is 0 Å². The maximum Gasteiger partial charge on any atom is 0.416 e. The molecule has 34 heavy (non-hydrogen) atoms. The molecule has 1 aliphatic heterocycles. The maximum absolute atomic E-state index is 13.5. The van der Waals surface area contributed by atoms with Crippen LogP contribution in [-0.2, 0) is 22.3 Å². The highest BCUT2D eigenvalue weighted by Gasteiger charge is 2.40. The summed E-state index contributed by atoms with van der Waals surface area (Å²) in [5.74, 6) is -0.268. The summed E-state index contributed by atoms with van der Waals surface area (Å²) >= 11 is 0. The lowest BCUT2D eigenvalue weighted by Gasteiger charge is -2.30. The fourth-order valence-electron chi connectivity index (χ4n) is 3.67. The van der Waals surface area contributed by atoms with E-state index in [0.717, 1.165) is 17.7 Å². The molecule has 7 nitrogen and oxygen atoms in total. The summed E-state index contributed by atoms with van der Waals surface area (Å²) in [6.45, 7) is 0.306. The normalized spacial score (nSPS) is 15.6. The molecule has 3 rings (SSSR count). The Hall–Kier alpha value is -3.71. The third kappa shape index (κ3) is 5.43. The molecule has 0 saturated carbocycles. The average Bonchev–Trinajstić information content (AvgIpc) is 3.20. The van der Waals surface area contributed by atoms with Gasteiger partial charge in [-0.2, -0.15) is 13.2 Å². The number of rotatable bonds is 9. The Morgan fingerprint density at radius 1 is 1.26 bits per heavy atom.